The van der Waals surface area contributed by atoms with E-state index < -0.39 is 31.2 Å². The van der Waals surface area contributed by atoms with Gasteiger partial charge in [-0.2, -0.15) is 0 Å². The summed E-state index contributed by atoms with van der Waals surface area (Å²) in [5, 5.41) is 32.1. The van der Waals surface area contributed by atoms with Crippen LogP contribution in [0.2, 0.25) is 0 Å². The van der Waals surface area contributed by atoms with Crippen molar-refractivity contribution in [2.45, 2.75) is 50.9 Å². The molecule has 2 aromatic carbocycles. The van der Waals surface area contributed by atoms with E-state index >= 15 is 0 Å². The van der Waals surface area contributed by atoms with Crippen molar-refractivity contribution in [2.24, 2.45) is 0 Å². The second-order valence-corrected chi connectivity index (χ2v) is 7.24. The van der Waals surface area contributed by atoms with E-state index in [0.29, 0.717) is 17.2 Å². The van der Waals surface area contributed by atoms with Crippen molar-refractivity contribution in [3.63, 3.8) is 0 Å². The molecule has 0 aromatic heterocycles. The Kier molecular flexibility index (Phi) is 7.28. The predicted octanol–water partition coefficient (Wildman–Crippen LogP) is 1.88. The molecule has 0 bridgehead atoms. The fraction of sp³-hybridized carbons (Fsp3) is 0.409. The van der Waals surface area contributed by atoms with Crippen LogP contribution in [0.5, 0.6) is 17.2 Å². The van der Waals surface area contributed by atoms with Crippen molar-refractivity contribution in [3.8, 4) is 17.2 Å². The summed E-state index contributed by atoms with van der Waals surface area (Å²) in [5.41, 5.74) is 0.816. The monoisotopic (exact) mass is 417 g/mol. The lowest BCUT2D eigenvalue weighted by molar-refractivity contribution is -0.230. The van der Waals surface area contributed by atoms with Crippen LogP contribution in [0.25, 0.3) is 0 Å². The molecule has 1 saturated heterocycles. The van der Waals surface area contributed by atoms with Crippen LogP contribution in [0, 0.1) is 0 Å². The lowest BCUT2D eigenvalue weighted by atomic mass is 10.0. The zero-order valence-electron chi connectivity index (χ0n) is 16.9. The first-order valence-electron chi connectivity index (χ1n) is 9.80. The van der Waals surface area contributed by atoms with Crippen molar-refractivity contribution < 1.29 is 34.3 Å². The SMILES string of the molecule is CC(=O)NC(C)c1ccc(OC2CC(O)C(O)C(CO)O2)c(Oc2ccccc2)c1. The smallest absolute Gasteiger partial charge is 0.217 e. The largest absolute Gasteiger partial charge is 0.461 e. The van der Waals surface area contributed by atoms with Crippen LogP contribution < -0.4 is 14.8 Å². The standard InChI is InChI=1S/C22H27NO7/c1-13(23-14(2)25)15-8-9-18(19(10-15)28-16-6-4-3-5-7-16)29-21-11-17(26)22(27)20(12-24)30-21/h3-10,13,17,20-22,24,26-27H,11-12H2,1-2H3,(H,23,25). The highest BCUT2D eigenvalue weighted by atomic mass is 16.7. The molecule has 8 heteroatoms. The van der Waals surface area contributed by atoms with Gasteiger partial charge in [0, 0.05) is 13.3 Å². The van der Waals surface area contributed by atoms with Gasteiger partial charge in [-0.05, 0) is 36.8 Å². The number of carbonyl (C=O) groups is 1. The summed E-state index contributed by atoms with van der Waals surface area (Å²) in [7, 11) is 0. The molecule has 1 aliphatic heterocycles. The molecule has 3 rings (SSSR count). The molecule has 1 heterocycles. The fourth-order valence-electron chi connectivity index (χ4n) is 3.26. The van der Waals surface area contributed by atoms with Crippen LogP contribution in [0.3, 0.4) is 0 Å². The van der Waals surface area contributed by atoms with E-state index in [1.807, 2.05) is 25.1 Å². The Bertz CT molecular complexity index is 845. The van der Waals surface area contributed by atoms with Gasteiger partial charge >= 0.3 is 0 Å². The highest BCUT2D eigenvalue weighted by molar-refractivity contribution is 5.73. The summed E-state index contributed by atoms with van der Waals surface area (Å²) in [6.07, 6.45) is -4.06. The Balaban J connectivity index is 1.85. The van der Waals surface area contributed by atoms with Crippen molar-refractivity contribution in [2.75, 3.05) is 6.61 Å². The summed E-state index contributed by atoms with van der Waals surface area (Å²) in [4.78, 5) is 11.4. The van der Waals surface area contributed by atoms with Crippen molar-refractivity contribution in [3.05, 3.63) is 54.1 Å². The number of ether oxygens (including phenoxy) is 3. The number of rotatable bonds is 7. The molecule has 30 heavy (non-hydrogen) atoms. The van der Waals surface area contributed by atoms with Crippen LogP contribution in [0.4, 0.5) is 0 Å². The molecule has 0 radical (unpaired) electrons. The van der Waals surface area contributed by atoms with E-state index in [2.05, 4.69) is 5.32 Å². The summed E-state index contributed by atoms with van der Waals surface area (Å²) >= 11 is 0. The van der Waals surface area contributed by atoms with Crippen molar-refractivity contribution in [1.82, 2.24) is 5.32 Å². The lowest BCUT2D eigenvalue weighted by Gasteiger charge is -2.36. The van der Waals surface area contributed by atoms with E-state index in [1.165, 1.54) is 6.92 Å². The minimum Gasteiger partial charge on any atom is -0.461 e. The van der Waals surface area contributed by atoms with E-state index in [-0.39, 0.29) is 18.4 Å². The number of aliphatic hydroxyl groups is 3. The predicted molar refractivity (Wildman–Crippen MR) is 108 cm³/mol. The molecule has 8 nitrogen and oxygen atoms in total. The minimum absolute atomic E-state index is 0.0342. The first-order chi connectivity index (χ1) is 14.4. The third-order valence-corrected chi connectivity index (χ3v) is 4.83. The van der Waals surface area contributed by atoms with E-state index in [9.17, 15) is 20.1 Å². The van der Waals surface area contributed by atoms with Crippen LogP contribution in [-0.4, -0.2) is 52.4 Å². The van der Waals surface area contributed by atoms with Gasteiger partial charge in [-0.3, -0.25) is 4.79 Å². The quantitative estimate of drug-likeness (QED) is 0.543. The lowest BCUT2D eigenvalue weighted by Crippen LogP contribution is -2.51. The molecular weight excluding hydrogens is 390 g/mol. The number of hydrogen-bond donors (Lipinski definition) is 4. The number of benzene rings is 2. The Morgan fingerprint density at radius 2 is 1.93 bits per heavy atom. The highest BCUT2D eigenvalue weighted by Crippen LogP contribution is 2.36. The molecule has 0 saturated carbocycles. The van der Waals surface area contributed by atoms with Gasteiger partial charge in [0.1, 0.15) is 18.0 Å². The summed E-state index contributed by atoms with van der Waals surface area (Å²) in [6.45, 7) is 2.86. The van der Waals surface area contributed by atoms with Gasteiger partial charge in [0.05, 0.1) is 18.8 Å². The van der Waals surface area contributed by atoms with Crippen LogP contribution in [0.1, 0.15) is 31.9 Å². The number of amides is 1. The molecule has 1 fully saturated rings. The molecule has 1 aliphatic rings. The Morgan fingerprint density at radius 1 is 1.20 bits per heavy atom. The molecule has 1 amide bonds. The number of hydrogen-bond acceptors (Lipinski definition) is 7. The average Bonchev–Trinajstić information content (AvgIpc) is 2.72. The fourth-order valence-corrected chi connectivity index (χ4v) is 3.26. The zero-order valence-corrected chi connectivity index (χ0v) is 16.9. The average molecular weight is 417 g/mol. The second kappa shape index (κ2) is 9.90. The number of nitrogens with one attached hydrogen (secondary N) is 1. The second-order valence-electron chi connectivity index (χ2n) is 7.24. The third-order valence-electron chi connectivity index (χ3n) is 4.83. The molecule has 2 aromatic rings. The minimum atomic E-state index is -1.18. The molecular formula is C22H27NO7. The Morgan fingerprint density at radius 3 is 2.60 bits per heavy atom. The Hall–Kier alpha value is -2.65. The molecule has 0 spiro atoms. The van der Waals surface area contributed by atoms with Gasteiger partial charge < -0.3 is 34.8 Å². The molecule has 5 unspecified atom stereocenters. The summed E-state index contributed by atoms with van der Waals surface area (Å²) in [6, 6.07) is 14.2. The number of carbonyl (C=O) groups excluding carboxylic acids is 1. The van der Waals surface area contributed by atoms with Crippen LogP contribution in [-0.2, 0) is 9.53 Å². The van der Waals surface area contributed by atoms with E-state index in [4.69, 9.17) is 14.2 Å². The van der Waals surface area contributed by atoms with Gasteiger partial charge in [0.25, 0.3) is 0 Å². The molecule has 4 N–H and O–H groups in total. The third kappa shape index (κ3) is 5.48. The maximum absolute atomic E-state index is 11.4. The summed E-state index contributed by atoms with van der Waals surface area (Å²) < 4.78 is 17.5. The van der Waals surface area contributed by atoms with Gasteiger partial charge in [-0.1, -0.05) is 24.3 Å². The van der Waals surface area contributed by atoms with E-state index in [0.717, 1.165) is 5.56 Å². The molecule has 5 atom stereocenters. The van der Waals surface area contributed by atoms with Crippen molar-refractivity contribution >= 4 is 5.91 Å². The molecule has 0 aliphatic carbocycles. The topological polar surface area (TPSA) is 117 Å². The van der Waals surface area contributed by atoms with Gasteiger partial charge in [0.15, 0.2) is 11.5 Å². The first kappa shape index (κ1) is 22.0. The normalized spacial score (nSPS) is 24.7. The van der Waals surface area contributed by atoms with Crippen LogP contribution in [0.15, 0.2) is 48.5 Å². The molecule has 162 valence electrons. The van der Waals surface area contributed by atoms with E-state index in [1.54, 1.807) is 30.3 Å². The highest BCUT2D eigenvalue weighted by Gasteiger charge is 2.37. The zero-order chi connectivity index (χ0) is 21.7. The van der Waals surface area contributed by atoms with Gasteiger partial charge in [0.2, 0.25) is 12.2 Å². The van der Waals surface area contributed by atoms with Crippen LogP contribution >= 0.6 is 0 Å². The summed E-state index contributed by atoms with van der Waals surface area (Å²) in [5.74, 6) is 1.22. The first-order valence-corrected chi connectivity index (χ1v) is 9.80. The van der Waals surface area contributed by atoms with Gasteiger partial charge in [-0.25, -0.2) is 0 Å². The maximum atomic E-state index is 11.4. The number of para-hydroxylation sites is 1. The maximum Gasteiger partial charge on any atom is 0.217 e. The Labute approximate surface area is 175 Å². The van der Waals surface area contributed by atoms with Crippen molar-refractivity contribution in [1.29, 1.82) is 0 Å². The van der Waals surface area contributed by atoms with Gasteiger partial charge in [-0.15, -0.1) is 0 Å². The number of aliphatic hydroxyl groups excluding tert-OH is 3.